The molecule has 0 spiro atoms. The summed E-state index contributed by atoms with van der Waals surface area (Å²) in [5.41, 5.74) is 0.688. The van der Waals surface area contributed by atoms with E-state index in [1.807, 2.05) is 10.8 Å². The molecule has 0 fully saturated rings. The van der Waals surface area contributed by atoms with Crippen LogP contribution in [0.4, 0.5) is 4.79 Å². The van der Waals surface area contributed by atoms with Gasteiger partial charge in [0.1, 0.15) is 6.04 Å². The van der Waals surface area contributed by atoms with E-state index in [0.717, 1.165) is 0 Å². The number of hydrogen-bond donors (Lipinski definition) is 3. The van der Waals surface area contributed by atoms with Crippen LogP contribution in [0, 0.1) is 5.92 Å². The number of hydrogen-bond acceptors (Lipinski definition) is 4. The number of rotatable bonds is 8. The van der Waals surface area contributed by atoms with Crippen molar-refractivity contribution >= 4 is 28.1 Å². The van der Waals surface area contributed by atoms with Crippen molar-refractivity contribution in [3.05, 3.63) is 40.8 Å². The summed E-state index contributed by atoms with van der Waals surface area (Å²) < 4.78 is 26.6. The lowest BCUT2D eigenvalue weighted by Gasteiger charge is -2.20. The Bertz CT molecular complexity index is 729. The topological polar surface area (TPSA) is 113 Å². The van der Waals surface area contributed by atoms with Gasteiger partial charge in [0.15, 0.2) is 0 Å². The Hall–Kier alpha value is -2.35. The summed E-state index contributed by atoms with van der Waals surface area (Å²) >= 11 is 0. The van der Waals surface area contributed by atoms with Crippen molar-refractivity contribution in [2.75, 3.05) is 0 Å². The molecule has 0 saturated heterocycles. The van der Waals surface area contributed by atoms with Gasteiger partial charge in [-0.1, -0.05) is 57.5 Å². The number of urea groups is 1. The zero-order chi connectivity index (χ0) is 19.0. The molecule has 1 rings (SSSR count). The Morgan fingerprint density at radius 2 is 1.80 bits per heavy atom. The SMILES string of the molecule is CCC(=Cc1ccccc1)S(=O)(=O)NC(=O)NC(C(=O)O)C(C)CC. The Labute approximate surface area is 148 Å². The molecule has 3 N–H and O–H groups in total. The van der Waals surface area contributed by atoms with E-state index in [-0.39, 0.29) is 17.2 Å². The van der Waals surface area contributed by atoms with E-state index in [1.165, 1.54) is 6.08 Å². The second-order valence-corrected chi connectivity index (χ2v) is 7.39. The molecular formula is C17H24N2O5S. The second kappa shape index (κ2) is 9.22. The molecule has 2 amide bonds. The summed E-state index contributed by atoms with van der Waals surface area (Å²) in [6, 6.07) is 6.63. The summed E-state index contributed by atoms with van der Waals surface area (Å²) in [5, 5.41) is 11.4. The van der Waals surface area contributed by atoms with Crippen LogP contribution in [-0.4, -0.2) is 31.6 Å². The molecule has 0 aliphatic rings. The fourth-order valence-electron chi connectivity index (χ4n) is 2.15. The first kappa shape index (κ1) is 20.7. The highest BCUT2D eigenvalue weighted by atomic mass is 32.2. The number of benzene rings is 1. The van der Waals surface area contributed by atoms with Crippen molar-refractivity contribution in [2.24, 2.45) is 5.92 Å². The molecule has 0 radical (unpaired) electrons. The van der Waals surface area contributed by atoms with Gasteiger partial charge >= 0.3 is 12.0 Å². The van der Waals surface area contributed by atoms with Gasteiger partial charge < -0.3 is 10.4 Å². The maximum Gasteiger partial charge on any atom is 0.329 e. The number of carbonyl (C=O) groups is 2. The average molecular weight is 368 g/mol. The third kappa shape index (κ3) is 6.22. The molecule has 1 aromatic rings. The van der Waals surface area contributed by atoms with Crippen molar-refractivity contribution in [3.8, 4) is 0 Å². The van der Waals surface area contributed by atoms with Gasteiger partial charge in [0.05, 0.1) is 4.91 Å². The molecule has 0 heterocycles. The molecule has 8 heteroatoms. The molecule has 0 aromatic heterocycles. The minimum atomic E-state index is -4.07. The van der Waals surface area contributed by atoms with Gasteiger partial charge in [0, 0.05) is 0 Å². The van der Waals surface area contributed by atoms with Gasteiger partial charge in [-0.2, -0.15) is 0 Å². The van der Waals surface area contributed by atoms with Crippen LogP contribution in [0.1, 0.15) is 39.2 Å². The number of carboxylic acid groups (broad SMARTS) is 1. The zero-order valence-corrected chi connectivity index (χ0v) is 15.3. The highest BCUT2D eigenvalue weighted by Crippen LogP contribution is 2.15. The van der Waals surface area contributed by atoms with Gasteiger partial charge in [-0.05, 0) is 24.0 Å². The third-order valence-corrected chi connectivity index (χ3v) is 5.36. The average Bonchev–Trinajstić information content (AvgIpc) is 2.56. The lowest BCUT2D eigenvalue weighted by molar-refractivity contribution is -0.140. The van der Waals surface area contributed by atoms with E-state index in [2.05, 4.69) is 5.32 Å². The van der Waals surface area contributed by atoms with Crippen molar-refractivity contribution in [1.29, 1.82) is 0 Å². The highest BCUT2D eigenvalue weighted by molar-refractivity contribution is 7.94. The van der Waals surface area contributed by atoms with Crippen LogP contribution in [0.2, 0.25) is 0 Å². The molecule has 0 bridgehead atoms. The lowest BCUT2D eigenvalue weighted by Crippen LogP contribution is -2.50. The number of aliphatic carboxylic acids is 1. The quantitative estimate of drug-likeness (QED) is 0.653. The summed E-state index contributed by atoms with van der Waals surface area (Å²) in [6.07, 6.45) is 2.18. The van der Waals surface area contributed by atoms with E-state index < -0.39 is 28.1 Å². The van der Waals surface area contributed by atoms with Gasteiger partial charge in [-0.25, -0.2) is 22.7 Å². The Balaban J connectivity index is 2.93. The number of nitrogens with one attached hydrogen (secondary N) is 2. The first-order valence-corrected chi connectivity index (χ1v) is 9.51. The monoisotopic (exact) mass is 368 g/mol. The summed E-state index contributed by atoms with van der Waals surface area (Å²) in [5.74, 6) is -1.55. The van der Waals surface area contributed by atoms with Crippen molar-refractivity contribution in [3.63, 3.8) is 0 Å². The van der Waals surface area contributed by atoms with E-state index in [4.69, 9.17) is 5.11 Å². The van der Waals surface area contributed by atoms with Crippen LogP contribution in [0.3, 0.4) is 0 Å². The molecule has 2 atom stereocenters. The van der Waals surface area contributed by atoms with Crippen LogP contribution in [0.5, 0.6) is 0 Å². The third-order valence-electron chi connectivity index (χ3n) is 3.81. The number of carboxylic acids is 1. The number of carbonyl (C=O) groups excluding carboxylic acids is 1. The predicted molar refractivity (Wildman–Crippen MR) is 96.2 cm³/mol. The van der Waals surface area contributed by atoms with Crippen molar-refractivity contribution < 1.29 is 23.1 Å². The fraction of sp³-hybridized carbons (Fsp3) is 0.412. The number of amides is 2. The molecular weight excluding hydrogens is 344 g/mol. The molecule has 7 nitrogen and oxygen atoms in total. The first-order chi connectivity index (χ1) is 11.7. The smallest absolute Gasteiger partial charge is 0.329 e. The van der Waals surface area contributed by atoms with Gasteiger partial charge in [-0.15, -0.1) is 0 Å². The summed E-state index contributed by atoms with van der Waals surface area (Å²) in [7, 11) is -4.07. The Kier molecular flexibility index (Phi) is 7.63. The Morgan fingerprint density at radius 1 is 1.20 bits per heavy atom. The van der Waals surface area contributed by atoms with Crippen LogP contribution in [0.15, 0.2) is 35.2 Å². The predicted octanol–water partition coefficient (Wildman–Crippen LogP) is 2.57. The molecule has 25 heavy (non-hydrogen) atoms. The number of allylic oxidation sites excluding steroid dienone is 1. The van der Waals surface area contributed by atoms with Crippen molar-refractivity contribution in [1.82, 2.24) is 10.0 Å². The van der Waals surface area contributed by atoms with E-state index in [9.17, 15) is 18.0 Å². The molecule has 138 valence electrons. The van der Waals surface area contributed by atoms with E-state index in [1.54, 1.807) is 45.0 Å². The molecule has 0 aliphatic heterocycles. The van der Waals surface area contributed by atoms with Gasteiger partial charge in [-0.3, -0.25) is 0 Å². The fourth-order valence-corrected chi connectivity index (χ4v) is 3.25. The minimum absolute atomic E-state index is 0.0317. The second-order valence-electron chi connectivity index (χ2n) is 5.66. The number of sulfonamides is 1. The van der Waals surface area contributed by atoms with Gasteiger partial charge in [0.2, 0.25) is 0 Å². The maximum atomic E-state index is 12.4. The minimum Gasteiger partial charge on any atom is -0.480 e. The van der Waals surface area contributed by atoms with Crippen LogP contribution in [0.25, 0.3) is 6.08 Å². The zero-order valence-electron chi connectivity index (χ0n) is 14.5. The van der Waals surface area contributed by atoms with Crippen molar-refractivity contribution in [2.45, 2.75) is 39.7 Å². The lowest BCUT2D eigenvalue weighted by atomic mass is 10.00. The molecule has 0 saturated carbocycles. The molecule has 1 aromatic carbocycles. The van der Waals surface area contributed by atoms with Crippen LogP contribution >= 0.6 is 0 Å². The normalized spacial score (nSPS) is 14.4. The molecule has 2 unspecified atom stereocenters. The van der Waals surface area contributed by atoms with E-state index in [0.29, 0.717) is 12.0 Å². The van der Waals surface area contributed by atoms with Gasteiger partial charge in [0.25, 0.3) is 10.0 Å². The molecule has 0 aliphatic carbocycles. The first-order valence-electron chi connectivity index (χ1n) is 8.03. The summed E-state index contributed by atoms with van der Waals surface area (Å²) in [6.45, 7) is 5.11. The van der Waals surface area contributed by atoms with Crippen LogP contribution < -0.4 is 10.0 Å². The highest BCUT2D eigenvalue weighted by Gasteiger charge is 2.27. The van der Waals surface area contributed by atoms with Crippen LogP contribution in [-0.2, 0) is 14.8 Å². The standard InChI is InChI=1S/C17H24N2O5S/c1-4-12(3)15(16(20)21)18-17(22)19-25(23,24)14(5-2)11-13-9-7-6-8-10-13/h6-12,15H,4-5H2,1-3H3,(H,20,21)(H2,18,19,22). The Morgan fingerprint density at radius 3 is 2.28 bits per heavy atom. The van der Waals surface area contributed by atoms with E-state index >= 15 is 0 Å². The maximum absolute atomic E-state index is 12.4. The summed E-state index contributed by atoms with van der Waals surface area (Å²) in [4.78, 5) is 23.2. The largest absolute Gasteiger partial charge is 0.480 e.